The van der Waals surface area contributed by atoms with Gasteiger partial charge in [-0.15, -0.1) is 0 Å². The van der Waals surface area contributed by atoms with Crippen molar-refractivity contribution >= 4 is 15.9 Å². The Morgan fingerprint density at radius 3 is 2.81 bits per heavy atom. The molecule has 0 aliphatic rings. The Balaban J connectivity index is 2.32. The summed E-state index contributed by atoms with van der Waals surface area (Å²) < 4.78 is 12.6. The Morgan fingerprint density at radius 1 is 1.50 bits per heavy atom. The maximum absolute atomic E-state index is 9.93. The van der Waals surface area contributed by atoms with Gasteiger partial charge >= 0.3 is 0 Å². The predicted octanol–water partition coefficient (Wildman–Crippen LogP) is 1.27. The van der Waals surface area contributed by atoms with E-state index in [9.17, 15) is 5.11 Å². The van der Waals surface area contributed by atoms with Crippen LogP contribution in [0.1, 0.15) is 18.2 Å². The lowest BCUT2D eigenvalue weighted by molar-refractivity contribution is 0.0457. The standard InChI is InChI=1S/C10H17BrN2O3/c1-13-10(8(11)7-12-13)9(14)3-4-16-6-5-15-2/h7,9,14H,3-6H2,1-2H3. The summed E-state index contributed by atoms with van der Waals surface area (Å²) >= 11 is 3.35. The fourth-order valence-electron chi connectivity index (χ4n) is 1.37. The van der Waals surface area contributed by atoms with E-state index in [-0.39, 0.29) is 0 Å². The molecule has 0 spiro atoms. The molecule has 0 radical (unpaired) electrons. The molecule has 1 unspecified atom stereocenters. The lowest BCUT2D eigenvalue weighted by Crippen LogP contribution is -2.10. The largest absolute Gasteiger partial charge is 0.387 e. The highest BCUT2D eigenvalue weighted by atomic mass is 79.9. The van der Waals surface area contributed by atoms with Crippen molar-refractivity contribution in [2.75, 3.05) is 26.9 Å². The smallest absolute Gasteiger partial charge is 0.0989 e. The fraction of sp³-hybridized carbons (Fsp3) is 0.700. The molecule has 1 atom stereocenters. The first-order chi connectivity index (χ1) is 7.66. The Kier molecular flexibility index (Phi) is 5.97. The van der Waals surface area contributed by atoms with Gasteiger partial charge in [-0.1, -0.05) is 0 Å². The number of aryl methyl sites for hydroxylation is 1. The van der Waals surface area contributed by atoms with Gasteiger partial charge in [-0.25, -0.2) is 0 Å². The molecule has 0 aliphatic heterocycles. The summed E-state index contributed by atoms with van der Waals surface area (Å²) in [7, 11) is 3.43. The predicted molar refractivity (Wildman–Crippen MR) is 63.2 cm³/mol. The third-order valence-electron chi connectivity index (χ3n) is 2.22. The van der Waals surface area contributed by atoms with Crippen molar-refractivity contribution in [3.63, 3.8) is 0 Å². The second-order valence-electron chi connectivity index (χ2n) is 3.41. The third-order valence-corrected chi connectivity index (χ3v) is 2.83. The van der Waals surface area contributed by atoms with E-state index in [1.54, 1.807) is 25.0 Å². The van der Waals surface area contributed by atoms with Crippen molar-refractivity contribution in [3.05, 3.63) is 16.4 Å². The molecule has 1 N–H and O–H groups in total. The number of aliphatic hydroxyl groups is 1. The summed E-state index contributed by atoms with van der Waals surface area (Å²) in [6.45, 7) is 1.63. The van der Waals surface area contributed by atoms with Gasteiger partial charge in [-0.3, -0.25) is 4.68 Å². The number of hydrogen-bond donors (Lipinski definition) is 1. The van der Waals surface area contributed by atoms with Gasteiger partial charge in [0.05, 0.1) is 35.7 Å². The molecule has 0 saturated heterocycles. The molecule has 92 valence electrons. The number of methoxy groups -OCH3 is 1. The van der Waals surface area contributed by atoms with Crippen LogP contribution in [0.4, 0.5) is 0 Å². The zero-order valence-electron chi connectivity index (χ0n) is 9.52. The van der Waals surface area contributed by atoms with E-state index >= 15 is 0 Å². The summed E-state index contributed by atoms with van der Waals surface area (Å²) in [5, 5.41) is 14.0. The van der Waals surface area contributed by atoms with Crippen molar-refractivity contribution < 1.29 is 14.6 Å². The van der Waals surface area contributed by atoms with Crippen LogP contribution in [0.15, 0.2) is 10.7 Å². The maximum atomic E-state index is 9.93. The third kappa shape index (κ3) is 3.86. The summed E-state index contributed by atoms with van der Waals surface area (Å²) in [4.78, 5) is 0. The highest BCUT2D eigenvalue weighted by Gasteiger charge is 2.15. The Hall–Kier alpha value is -0.430. The van der Waals surface area contributed by atoms with Gasteiger partial charge in [-0.2, -0.15) is 5.10 Å². The quantitative estimate of drug-likeness (QED) is 0.769. The molecule has 0 bridgehead atoms. The van der Waals surface area contributed by atoms with Gasteiger partial charge in [0.1, 0.15) is 0 Å². The molecule has 0 aliphatic carbocycles. The SMILES string of the molecule is COCCOCCC(O)c1c(Br)cnn1C. The summed E-state index contributed by atoms with van der Waals surface area (Å²) in [6, 6.07) is 0. The number of aliphatic hydroxyl groups excluding tert-OH is 1. The number of aromatic nitrogens is 2. The zero-order chi connectivity index (χ0) is 12.0. The second kappa shape index (κ2) is 7.01. The van der Waals surface area contributed by atoms with Crippen molar-refractivity contribution in [1.29, 1.82) is 0 Å². The number of rotatable bonds is 7. The van der Waals surface area contributed by atoms with E-state index in [1.807, 2.05) is 0 Å². The van der Waals surface area contributed by atoms with Crippen molar-refractivity contribution in [1.82, 2.24) is 9.78 Å². The molecule has 1 aromatic rings. The van der Waals surface area contributed by atoms with Crippen LogP contribution in [-0.4, -0.2) is 41.8 Å². The summed E-state index contributed by atoms with van der Waals surface area (Å²) in [6.07, 6.45) is 1.65. The minimum atomic E-state index is -0.565. The van der Waals surface area contributed by atoms with Gasteiger partial charge in [0.2, 0.25) is 0 Å². The van der Waals surface area contributed by atoms with Gasteiger partial charge in [0.15, 0.2) is 0 Å². The number of ether oxygens (including phenoxy) is 2. The van der Waals surface area contributed by atoms with Crippen LogP contribution in [0.3, 0.4) is 0 Å². The fourth-order valence-corrected chi connectivity index (χ4v) is 1.98. The van der Waals surface area contributed by atoms with Crippen LogP contribution in [-0.2, 0) is 16.5 Å². The zero-order valence-corrected chi connectivity index (χ0v) is 11.1. The Morgan fingerprint density at radius 2 is 2.25 bits per heavy atom. The minimum absolute atomic E-state index is 0.502. The van der Waals surface area contributed by atoms with Crippen molar-refractivity contribution in [3.8, 4) is 0 Å². The molecular formula is C10H17BrN2O3. The van der Waals surface area contributed by atoms with Crippen LogP contribution < -0.4 is 0 Å². The first-order valence-corrected chi connectivity index (χ1v) is 5.88. The van der Waals surface area contributed by atoms with Crippen molar-refractivity contribution in [2.45, 2.75) is 12.5 Å². The highest BCUT2D eigenvalue weighted by Crippen LogP contribution is 2.24. The topological polar surface area (TPSA) is 56.5 Å². The van der Waals surface area contributed by atoms with E-state index in [4.69, 9.17) is 9.47 Å². The van der Waals surface area contributed by atoms with Crippen LogP contribution in [0, 0.1) is 0 Å². The van der Waals surface area contributed by atoms with Crippen LogP contribution in [0.25, 0.3) is 0 Å². The van der Waals surface area contributed by atoms with E-state index in [2.05, 4.69) is 21.0 Å². The molecule has 1 rings (SSSR count). The van der Waals surface area contributed by atoms with Crippen molar-refractivity contribution in [2.24, 2.45) is 7.05 Å². The van der Waals surface area contributed by atoms with E-state index in [0.29, 0.717) is 26.2 Å². The first-order valence-electron chi connectivity index (χ1n) is 5.09. The number of hydrogen-bond acceptors (Lipinski definition) is 4. The molecule has 0 fully saturated rings. The average Bonchev–Trinajstić information content (AvgIpc) is 2.58. The van der Waals surface area contributed by atoms with Crippen LogP contribution in [0.2, 0.25) is 0 Å². The average molecular weight is 293 g/mol. The summed E-state index contributed by atoms with van der Waals surface area (Å²) in [5.74, 6) is 0. The van der Waals surface area contributed by atoms with Crippen LogP contribution in [0.5, 0.6) is 0 Å². The van der Waals surface area contributed by atoms with E-state index < -0.39 is 6.10 Å². The summed E-state index contributed by atoms with van der Waals surface area (Å²) in [5.41, 5.74) is 0.773. The lowest BCUT2D eigenvalue weighted by Gasteiger charge is -2.12. The lowest BCUT2D eigenvalue weighted by atomic mass is 10.2. The van der Waals surface area contributed by atoms with Crippen LogP contribution >= 0.6 is 15.9 Å². The molecule has 16 heavy (non-hydrogen) atoms. The molecule has 5 nitrogen and oxygen atoms in total. The first kappa shape index (κ1) is 13.6. The Bertz CT molecular complexity index is 298. The molecule has 1 heterocycles. The molecule has 0 aromatic carbocycles. The Labute approximate surface area is 103 Å². The monoisotopic (exact) mass is 292 g/mol. The van der Waals surface area contributed by atoms with E-state index in [1.165, 1.54) is 0 Å². The molecule has 0 saturated carbocycles. The van der Waals surface area contributed by atoms with Gasteiger partial charge in [0, 0.05) is 27.2 Å². The minimum Gasteiger partial charge on any atom is -0.387 e. The number of nitrogens with zero attached hydrogens (tertiary/aromatic N) is 2. The number of halogens is 1. The van der Waals surface area contributed by atoms with Gasteiger partial charge in [-0.05, 0) is 15.9 Å². The molecule has 6 heteroatoms. The molecular weight excluding hydrogens is 276 g/mol. The van der Waals surface area contributed by atoms with E-state index in [0.717, 1.165) is 10.2 Å². The highest BCUT2D eigenvalue weighted by molar-refractivity contribution is 9.10. The second-order valence-corrected chi connectivity index (χ2v) is 4.27. The van der Waals surface area contributed by atoms with Gasteiger partial charge < -0.3 is 14.6 Å². The molecule has 1 aromatic heterocycles. The maximum Gasteiger partial charge on any atom is 0.0989 e. The molecule has 0 amide bonds. The van der Waals surface area contributed by atoms with Gasteiger partial charge in [0.25, 0.3) is 0 Å². The normalized spacial score (nSPS) is 13.0.